The third-order valence-corrected chi connectivity index (χ3v) is 3.06. The number of rotatable bonds is 7. The topological polar surface area (TPSA) is 52.6 Å². The van der Waals surface area contributed by atoms with Gasteiger partial charge in [-0.1, -0.05) is 0 Å². The normalized spacial score (nSPS) is 10.2. The minimum absolute atomic E-state index is 0.403. The zero-order chi connectivity index (χ0) is 15.1. The number of methoxy groups -OCH3 is 2. The van der Waals surface area contributed by atoms with Gasteiger partial charge in [0, 0.05) is 18.3 Å². The van der Waals surface area contributed by atoms with Gasteiger partial charge in [-0.3, -0.25) is 0 Å². The second-order valence-electron chi connectivity index (χ2n) is 4.46. The number of ether oxygens (including phenoxy) is 3. The molecule has 0 aliphatic carbocycles. The Labute approximate surface area is 124 Å². The first-order valence-electron chi connectivity index (χ1n) is 6.70. The van der Waals surface area contributed by atoms with E-state index in [1.807, 2.05) is 37.4 Å². The van der Waals surface area contributed by atoms with Crippen molar-refractivity contribution in [1.82, 2.24) is 10.3 Å². The van der Waals surface area contributed by atoms with Crippen LogP contribution in [0.5, 0.6) is 17.4 Å². The van der Waals surface area contributed by atoms with Gasteiger partial charge >= 0.3 is 0 Å². The molecule has 0 aliphatic heterocycles. The molecule has 5 heteroatoms. The van der Waals surface area contributed by atoms with Crippen molar-refractivity contribution >= 4 is 0 Å². The number of aromatic nitrogens is 1. The van der Waals surface area contributed by atoms with Gasteiger partial charge in [-0.15, -0.1) is 0 Å². The van der Waals surface area contributed by atoms with Crippen LogP contribution in [0.25, 0.3) is 0 Å². The van der Waals surface area contributed by atoms with Crippen LogP contribution < -0.4 is 19.5 Å². The summed E-state index contributed by atoms with van der Waals surface area (Å²) in [5.74, 6) is 2.21. The summed E-state index contributed by atoms with van der Waals surface area (Å²) in [7, 11) is 5.15. The van der Waals surface area contributed by atoms with Crippen LogP contribution in [-0.2, 0) is 13.2 Å². The lowest BCUT2D eigenvalue weighted by Gasteiger charge is -2.13. The molecule has 1 aromatic carbocycles. The van der Waals surface area contributed by atoms with Crippen LogP contribution in [0, 0.1) is 0 Å². The molecule has 1 heterocycles. The van der Waals surface area contributed by atoms with Gasteiger partial charge in [0.15, 0.2) is 0 Å². The van der Waals surface area contributed by atoms with Crippen molar-refractivity contribution in [3.05, 3.63) is 47.7 Å². The third kappa shape index (κ3) is 3.86. The summed E-state index contributed by atoms with van der Waals surface area (Å²) in [5, 5.41) is 3.12. The number of hydrogen-bond donors (Lipinski definition) is 1. The van der Waals surface area contributed by atoms with Crippen molar-refractivity contribution in [2.24, 2.45) is 0 Å². The minimum Gasteiger partial charge on any atom is -0.497 e. The molecule has 0 spiro atoms. The highest BCUT2D eigenvalue weighted by Crippen LogP contribution is 2.26. The Bertz CT molecular complexity index is 587. The molecule has 0 fully saturated rings. The smallest absolute Gasteiger partial charge is 0.219 e. The molecular formula is C16H20N2O3. The average Bonchev–Trinajstić information content (AvgIpc) is 2.54. The second kappa shape index (κ2) is 7.50. The highest BCUT2D eigenvalue weighted by atomic mass is 16.5. The van der Waals surface area contributed by atoms with Crippen LogP contribution in [0.4, 0.5) is 0 Å². The molecule has 1 N–H and O–H groups in total. The van der Waals surface area contributed by atoms with Crippen LogP contribution in [0.15, 0.2) is 36.5 Å². The second-order valence-corrected chi connectivity index (χ2v) is 4.46. The van der Waals surface area contributed by atoms with Crippen LogP contribution in [-0.4, -0.2) is 26.3 Å². The van der Waals surface area contributed by atoms with E-state index in [1.54, 1.807) is 20.4 Å². The predicted octanol–water partition coefficient (Wildman–Crippen LogP) is 2.40. The van der Waals surface area contributed by atoms with Gasteiger partial charge < -0.3 is 19.5 Å². The first kappa shape index (κ1) is 15.1. The van der Waals surface area contributed by atoms with E-state index in [0.717, 1.165) is 22.6 Å². The Kier molecular flexibility index (Phi) is 5.40. The number of hydrogen-bond acceptors (Lipinski definition) is 5. The fourth-order valence-corrected chi connectivity index (χ4v) is 2.03. The molecule has 0 bridgehead atoms. The molecule has 2 aromatic rings. The Balaban J connectivity index is 2.15. The van der Waals surface area contributed by atoms with E-state index in [1.165, 1.54) is 0 Å². The zero-order valence-corrected chi connectivity index (χ0v) is 12.6. The lowest BCUT2D eigenvalue weighted by Crippen LogP contribution is -2.08. The Morgan fingerprint density at radius 3 is 2.67 bits per heavy atom. The average molecular weight is 288 g/mol. The monoisotopic (exact) mass is 288 g/mol. The lowest BCUT2D eigenvalue weighted by atomic mass is 10.2. The largest absolute Gasteiger partial charge is 0.497 e. The summed E-state index contributed by atoms with van der Waals surface area (Å²) >= 11 is 0. The molecule has 1 aromatic heterocycles. The van der Waals surface area contributed by atoms with Crippen LogP contribution in [0.1, 0.15) is 11.1 Å². The number of nitrogens with zero attached hydrogens (tertiary/aromatic N) is 1. The van der Waals surface area contributed by atoms with Gasteiger partial charge in [-0.25, -0.2) is 4.98 Å². The summed E-state index contributed by atoms with van der Waals surface area (Å²) in [6.07, 6.45) is 1.70. The summed E-state index contributed by atoms with van der Waals surface area (Å²) in [5.41, 5.74) is 1.95. The first-order valence-corrected chi connectivity index (χ1v) is 6.70. The van der Waals surface area contributed by atoms with Crippen LogP contribution in [0.2, 0.25) is 0 Å². The Morgan fingerprint density at radius 1 is 1.10 bits per heavy atom. The number of pyridine rings is 1. The fraction of sp³-hybridized carbons (Fsp3) is 0.312. The highest BCUT2D eigenvalue weighted by molar-refractivity contribution is 5.40. The van der Waals surface area contributed by atoms with E-state index in [9.17, 15) is 0 Å². The molecule has 0 saturated carbocycles. The van der Waals surface area contributed by atoms with Crippen molar-refractivity contribution in [1.29, 1.82) is 0 Å². The third-order valence-electron chi connectivity index (χ3n) is 3.06. The molecular weight excluding hydrogens is 268 g/mol. The first-order chi connectivity index (χ1) is 10.3. The lowest BCUT2D eigenvalue weighted by molar-refractivity contribution is 0.290. The zero-order valence-electron chi connectivity index (χ0n) is 12.6. The molecule has 5 nitrogen and oxygen atoms in total. The van der Waals surface area contributed by atoms with Crippen molar-refractivity contribution in [2.75, 3.05) is 21.3 Å². The van der Waals surface area contributed by atoms with E-state index in [4.69, 9.17) is 14.2 Å². The maximum absolute atomic E-state index is 5.90. The van der Waals surface area contributed by atoms with Crippen LogP contribution >= 0.6 is 0 Å². The van der Waals surface area contributed by atoms with Crippen molar-refractivity contribution in [3.63, 3.8) is 0 Å². The number of nitrogens with one attached hydrogen (secondary N) is 1. The summed E-state index contributed by atoms with van der Waals surface area (Å²) in [4.78, 5) is 4.16. The molecule has 21 heavy (non-hydrogen) atoms. The van der Waals surface area contributed by atoms with Crippen molar-refractivity contribution in [2.45, 2.75) is 13.2 Å². The van der Waals surface area contributed by atoms with E-state index < -0.39 is 0 Å². The molecule has 0 unspecified atom stereocenters. The van der Waals surface area contributed by atoms with Gasteiger partial charge in [0.25, 0.3) is 0 Å². The van der Waals surface area contributed by atoms with E-state index in [2.05, 4.69) is 10.3 Å². The molecule has 0 radical (unpaired) electrons. The van der Waals surface area contributed by atoms with Crippen molar-refractivity contribution in [3.8, 4) is 17.4 Å². The molecule has 0 atom stereocenters. The van der Waals surface area contributed by atoms with Crippen LogP contribution in [0.3, 0.4) is 0 Å². The minimum atomic E-state index is 0.403. The molecule has 2 rings (SSSR count). The predicted molar refractivity (Wildman–Crippen MR) is 80.9 cm³/mol. The van der Waals surface area contributed by atoms with E-state index in [0.29, 0.717) is 19.0 Å². The molecule has 0 amide bonds. The van der Waals surface area contributed by atoms with Gasteiger partial charge in [-0.2, -0.15) is 0 Å². The molecule has 112 valence electrons. The SMILES string of the molecule is CNCc1cc(OC)ccc1OCc1cccnc1OC. The standard InChI is InChI=1S/C16H20N2O3/c1-17-10-13-9-14(19-2)6-7-15(13)21-11-12-5-4-8-18-16(12)20-3/h4-9,17H,10-11H2,1-3H3. The van der Waals surface area contributed by atoms with Gasteiger partial charge in [0.05, 0.1) is 19.8 Å². The van der Waals surface area contributed by atoms with Gasteiger partial charge in [0.1, 0.15) is 18.1 Å². The molecule has 0 saturated heterocycles. The fourth-order valence-electron chi connectivity index (χ4n) is 2.03. The maximum atomic E-state index is 5.90. The Hall–Kier alpha value is -2.27. The quantitative estimate of drug-likeness (QED) is 0.848. The van der Waals surface area contributed by atoms with Gasteiger partial charge in [-0.05, 0) is 37.4 Å². The molecule has 0 aliphatic rings. The van der Waals surface area contributed by atoms with E-state index in [-0.39, 0.29) is 0 Å². The number of benzene rings is 1. The maximum Gasteiger partial charge on any atom is 0.219 e. The van der Waals surface area contributed by atoms with Gasteiger partial charge in [0.2, 0.25) is 5.88 Å². The Morgan fingerprint density at radius 2 is 1.95 bits per heavy atom. The summed E-state index contributed by atoms with van der Waals surface area (Å²) in [6.45, 7) is 1.11. The highest BCUT2D eigenvalue weighted by Gasteiger charge is 2.08. The van der Waals surface area contributed by atoms with Crippen molar-refractivity contribution < 1.29 is 14.2 Å². The summed E-state index contributed by atoms with van der Waals surface area (Å²) < 4.78 is 16.4. The summed E-state index contributed by atoms with van der Waals surface area (Å²) in [6, 6.07) is 9.56. The van der Waals surface area contributed by atoms with E-state index >= 15 is 0 Å².